The highest BCUT2D eigenvalue weighted by atomic mass is 32.2. The Balaban J connectivity index is 1.78. The minimum Gasteiger partial charge on any atom is -0.395 e. The maximum atomic E-state index is 13.5. The van der Waals surface area contributed by atoms with Crippen molar-refractivity contribution in [2.45, 2.75) is 44.4 Å². The van der Waals surface area contributed by atoms with Gasteiger partial charge >= 0.3 is 0 Å². The van der Waals surface area contributed by atoms with E-state index in [2.05, 4.69) is 17.0 Å². The summed E-state index contributed by atoms with van der Waals surface area (Å²) in [5.74, 6) is 0.362. The molecule has 11 heteroatoms. The van der Waals surface area contributed by atoms with Gasteiger partial charge in [0, 0.05) is 45.3 Å². The summed E-state index contributed by atoms with van der Waals surface area (Å²) in [6.07, 6.45) is 3.17. The van der Waals surface area contributed by atoms with Gasteiger partial charge in [-0.25, -0.2) is 13.4 Å². The highest BCUT2D eigenvalue weighted by Gasteiger charge is 2.29. The number of sulfonamides is 1. The number of nitrogens with zero attached hydrogens (tertiary/aromatic N) is 5. The number of aliphatic hydroxyl groups excluding tert-OH is 1. The number of H-pyrrole nitrogens is 1. The van der Waals surface area contributed by atoms with Crippen LogP contribution in [0.15, 0.2) is 27.9 Å². The standard InChI is InChI=1S/C24H34N6O4S/c1-4-6-17-8-9-18(35(33,34)30-12-10-29(11-13-30)14-15-31)16-19(17)23-25-21-20(7-5-2)27-28(3)22(21)24(32)26-23/h8-9,16,31H,4-7,10-15H2,1-3H3,(H,25,26,32). The third-order valence-electron chi connectivity index (χ3n) is 6.49. The van der Waals surface area contributed by atoms with Crippen molar-refractivity contribution in [2.24, 2.45) is 7.05 Å². The Morgan fingerprint density at radius 2 is 1.80 bits per heavy atom. The molecule has 3 aromatic rings. The number of rotatable bonds is 9. The Hall–Kier alpha value is -2.60. The topological polar surface area (TPSA) is 124 Å². The van der Waals surface area contributed by atoms with Crippen molar-refractivity contribution in [3.63, 3.8) is 0 Å². The number of aromatic amines is 1. The summed E-state index contributed by atoms with van der Waals surface area (Å²) in [6, 6.07) is 5.11. The fourth-order valence-electron chi connectivity index (χ4n) is 4.69. The van der Waals surface area contributed by atoms with E-state index in [1.54, 1.807) is 23.9 Å². The van der Waals surface area contributed by atoms with Crippen LogP contribution in [-0.4, -0.2) is 81.8 Å². The molecule has 3 heterocycles. The summed E-state index contributed by atoms with van der Waals surface area (Å²) in [7, 11) is -1.99. The number of β-amino-alcohol motifs (C(OH)–C–C–N with tert-alkyl or cyclic N) is 1. The van der Waals surface area contributed by atoms with E-state index in [1.165, 1.54) is 4.31 Å². The number of aromatic nitrogens is 4. The molecule has 2 N–H and O–H groups in total. The predicted molar refractivity (Wildman–Crippen MR) is 135 cm³/mol. The Kier molecular flexibility index (Phi) is 7.70. The molecule has 0 unspecified atom stereocenters. The first-order valence-electron chi connectivity index (χ1n) is 12.2. The molecular weight excluding hydrogens is 468 g/mol. The van der Waals surface area contributed by atoms with E-state index < -0.39 is 10.0 Å². The number of piperazine rings is 1. The molecule has 1 aliphatic heterocycles. The second kappa shape index (κ2) is 10.6. The molecule has 1 saturated heterocycles. The van der Waals surface area contributed by atoms with Crippen LogP contribution in [0.5, 0.6) is 0 Å². The smallest absolute Gasteiger partial charge is 0.277 e. The van der Waals surface area contributed by atoms with Crippen LogP contribution in [0.2, 0.25) is 0 Å². The first-order chi connectivity index (χ1) is 16.8. The van der Waals surface area contributed by atoms with Crippen LogP contribution in [0, 0.1) is 0 Å². The molecule has 0 amide bonds. The fourth-order valence-corrected chi connectivity index (χ4v) is 6.14. The number of nitrogens with one attached hydrogen (secondary N) is 1. The van der Waals surface area contributed by atoms with Crippen LogP contribution in [0.1, 0.15) is 37.9 Å². The number of hydrogen-bond donors (Lipinski definition) is 2. The largest absolute Gasteiger partial charge is 0.395 e. The lowest BCUT2D eigenvalue weighted by atomic mass is 10.0. The number of aryl methyl sites for hydroxylation is 3. The van der Waals surface area contributed by atoms with Crippen molar-refractivity contribution in [2.75, 3.05) is 39.3 Å². The molecule has 1 aromatic carbocycles. The Morgan fingerprint density at radius 3 is 2.46 bits per heavy atom. The molecule has 35 heavy (non-hydrogen) atoms. The maximum Gasteiger partial charge on any atom is 0.277 e. The molecular formula is C24H34N6O4S. The zero-order chi connectivity index (χ0) is 25.2. The monoisotopic (exact) mass is 502 g/mol. The predicted octanol–water partition coefficient (Wildman–Crippen LogP) is 1.53. The van der Waals surface area contributed by atoms with E-state index in [4.69, 9.17) is 10.1 Å². The van der Waals surface area contributed by atoms with Gasteiger partial charge in [0.05, 0.1) is 17.2 Å². The normalized spacial score (nSPS) is 15.8. The minimum absolute atomic E-state index is 0.0570. The summed E-state index contributed by atoms with van der Waals surface area (Å²) in [5.41, 5.74) is 3.00. The van der Waals surface area contributed by atoms with Crippen molar-refractivity contribution >= 4 is 21.1 Å². The van der Waals surface area contributed by atoms with E-state index in [0.29, 0.717) is 61.6 Å². The number of hydrogen-bond acceptors (Lipinski definition) is 7. The van der Waals surface area contributed by atoms with Gasteiger partial charge in [-0.2, -0.15) is 9.40 Å². The second-order valence-electron chi connectivity index (χ2n) is 8.97. The zero-order valence-corrected chi connectivity index (χ0v) is 21.4. The molecule has 0 spiro atoms. The Morgan fingerprint density at radius 1 is 1.09 bits per heavy atom. The van der Waals surface area contributed by atoms with E-state index in [1.807, 2.05) is 17.9 Å². The fraction of sp³-hybridized carbons (Fsp3) is 0.542. The molecule has 0 atom stereocenters. The lowest BCUT2D eigenvalue weighted by Gasteiger charge is -2.33. The van der Waals surface area contributed by atoms with Crippen LogP contribution in [0.4, 0.5) is 0 Å². The van der Waals surface area contributed by atoms with Gasteiger partial charge in [-0.3, -0.25) is 14.4 Å². The first kappa shape index (κ1) is 25.5. The van der Waals surface area contributed by atoms with E-state index in [-0.39, 0.29) is 17.1 Å². The van der Waals surface area contributed by atoms with E-state index in [9.17, 15) is 13.2 Å². The van der Waals surface area contributed by atoms with Crippen LogP contribution in [0.25, 0.3) is 22.4 Å². The summed E-state index contributed by atoms with van der Waals surface area (Å²) < 4.78 is 30.0. The molecule has 2 aromatic heterocycles. The van der Waals surface area contributed by atoms with Crippen LogP contribution in [0.3, 0.4) is 0 Å². The van der Waals surface area contributed by atoms with Crippen LogP contribution >= 0.6 is 0 Å². The molecule has 1 aliphatic rings. The first-order valence-corrected chi connectivity index (χ1v) is 13.7. The van der Waals surface area contributed by atoms with Gasteiger partial charge in [-0.1, -0.05) is 32.8 Å². The quantitative estimate of drug-likeness (QED) is 0.455. The SMILES string of the molecule is CCCc1ccc(S(=O)(=O)N2CCN(CCO)CC2)cc1-c1nc2c(CCC)nn(C)c2c(=O)[nH]1. The maximum absolute atomic E-state index is 13.5. The average Bonchev–Trinajstić information content (AvgIpc) is 3.15. The van der Waals surface area contributed by atoms with Gasteiger partial charge < -0.3 is 10.1 Å². The van der Waals surface area contributed by atoms with Crippen molar-refractivity contribution in [1.29, 1.82) is 0 Å². The number of aliphatic hydroxyl groups is 1. The van der Waals surface area contributed by atoms with Gasteiger partial charge in [0.2, 0.25) is 10.0 Å². The summed E-state index contributed by atoms with van der Waals surface area (Å²) in [4.78, 5) is 22.9. The van der Waals surface area contributed by atoms with Crippen LogP contribution < -0.4 is 5.56 Å². The average molecular weight is 503 g/mol. The molecule has 10 nitrogen and oxygen atoms in total. The highest BCUT2D eigenvalue weighted by molar-refractivity contribution is 7.89. The highest BCUT2D eigenvalue weighted by Crippen LogP contribution is 2.28. The molecule has 190 valence electrons. The Labute approximate surface area is 205 Å². The van der Waals surface area contributed by atoms with Gasteiger partial charge in [0.15, 0.2) is 5.52 Å². The lowest BCUT2D eigenvalue weighted by molar-refractivity contribution is 0.151. The van der Waals surface area contributed by atoms with Gasteiger partial charge in [-0.15, -0.1) is 0 Å². The third-order valence-corrected chi connectivity index (χ3v) is 8.39. The molecule has 1 fully saturated rings. The van der Waals surface area contributed by atoms with Crippen molar-refractivity contribution in [3.05, 3.63) is 39.8 Å². The molecule has 0 aliphatic carbocycles. The van der Waals surface area contributed by atoms with Crippen molar-refractivity contribution in [3.8, 4) is 11.4 Å². The summed E-state index contributed by atoms with van der Waals surface area (Å²) >= 11 is 0. The van der Waals surface area contributed by atoms with Gasteiger partial charge in [-0.05, 0) is 30.5 Å². The van der Waals surface area contributed by atoms with Crippen molar-refractivity contribution < 1.29 is 13.5 Å². The molecule has 0 bridgehead atoms. The number of benzene rings is 1. The zero-order valence-electron chi connectivity index (χ0n) is 20.6. The minimum atomic E-state index is -3.72. The summed E-state index contributed by atoms with van der Waals surface area (Å²) in [6.45, 7) is 6.59. The van der Waals surface area contributed by atoms with E-state index in [0.717, 1.165) is 30.5 Å². The Bertz CT molecular complexity index is 1360. The summed E-state index contributed by atoms with van der Waals surface area (Å²) in [5, 5.41) is 13.6. The molecule has 0 saturated carbocycles. The number of fused-ring (bicyclic) bond motifs is 1. The van der Waals surface area contributed by atoms with Gasteiger partial charge in [0.1, 0.15) is 11.3 Å². The third kappa shape index (κ3) is 5.04. The van der Waals surface area contributed by atoms with Crippen LogP contribution in [-0.2, 0) is 29.9 Å². The van der Waals surface area contributed by atoms with E-state index >= 15 is 0 Å². The van der Waals surface area contributed by atoms with Crippen molar-refractivity contribution in [1.82, 2.24) is 29.0 Å². The molecule has 4 rings (SSSR count). The lowest BCUT2D eigenvalue weighted by Crippen LogP contribution is -2.49. The second-order valence-corrected chi connectivity index (χ2v) is 10.9. The molecule has 0 radical (unpaired) electrons. The van der Waals surface area contributed by atoms with Gasteiger partial charge in [0.25, 0.3) is 5.56 Å².